The molecule has 1 aromatic carbocycles. The topological polar surface area (TPSA) is 74.6 Å². The molecule has 0 amide bonds. The molecule has 74 valence electrons. The summed E-state index contributed by atoms with van der Waals surface area (Å²) in [6, 6.07) is 2.71. The quantitative estimate of drug-likeness (QED) is 0.724. The van der Waals surface area contributed by atoms with E-state index in [-0.39, 0.29) is 11.1 Å². The van der Waals surface area contributed by atoms with Gasteiger partial charge in [0.2, 0.25) is 0 Å². The number of rotatable bonds is 2. The minimum absolute atomic E-state index is 0.178. The van der Waals surface area contributed by atoms with E-state index >= 15 is 0 Å². The van der Waals surface area contributed by atoms with E-state index in [0.717, 1.165) is 7.14 Å². The van der Waals surface area contributed by atoms with Gasteiger partial charge in [-0.25, -0.2) is 9.59 Å². The van der Waals surface area contributed by atoms with Crippen molar-refractivity contribution in [3.8, 4) is 0 Å². The lowest BCUT2D eigenvalue weighted by Gasteiger charge is -2.03. The van der Waals surface area contributed by atoms with Crippen LogP contribution in [0.5, 0.6) is 0 Å². The average Bonchev–Trinajstić information content (AvgIpc) is 2.08. The fourth-order valence-corrected chi connectivity index (χ4v) is 1.83. The maximum atomic E-state index is 10.7. The van der Waals surface area contributed by atoms with E-state index < -0.39 is 11.9 Å². The van der Waals surface area contributed by atoms with Crippen LogP contribution in [-0.2, 0) is 0 Å². The van der Waals surface area contributed by atoms with Crippen LogP contribution < -0.4 is 0 Å². The van der Waals surface area contributed by atoms with E-state index in [1.165, 1.54) is 12.1 Å². The second-order valence-electron chi connectivity index (χ2n) is 2.42. The Morgan fingerprint density at radius 1 is 0.929 bits per heavy atom. The first-order valence-electron chi connectivity index (χ1n) is 3.39. The Balaban J connectivity index is 3.46. The van der Waals surface area contributed by atoms with Crippen molar-refractivity contribution in [3.63, 3.8) is 0 Å². The lowest BCUT2D eigenvalue weighted by molar-refractivity contribution is 0.0651. The highest BCUT2D eigenvalue weighted by Crippen LogP contribution is 2.20. The molecule has 2 N–H and O–H groups in total. The van der Waals surface area contributed by atoms with Crippen LogP contribution in [0.15, 0.2) is 12.1 Å². The van der Waals surface area contributed by atoms with Crippen molar-refractivity contribution >= 4 is 57.1 Å². The normalized spacial score (nSPS) is 9.86. The molecule has 0 saturated carbocycles. The smallest absolute Gasteiger partial charge is 0.336 e. The van der Waals surface area contributed by atoms with Crippen LogP contribution in [0.2, 0.25) is 0 Å². The van der Waals surface area contributed by atoms with Gasteiger partial charge in [0.05, 0.1) is 11.1 Å². The molecule has 0 radical (unpaired) electrons. The third-order valence-electron chi connectivity index (χ3n) is 1.52. The molecule has 1 aromatic rings. The highest BCUT2D eigenvalue weighted by atomic mass is 127. The maximum absolute atomic E-state index is 10.7. The average molecular weight is 418 g/mol. The predicted molar refractivity (Wildman–Crippen MR) is 65.8 cm³/mol. The summed E-state index contributed by atoms with van der Waals surface area (Å²) in [4.78, 5) is 21.4. The second kappa shape index (κ2) is 4.43. The fourth-order valence-electron chi connectivity index (χ4n) is 0.901. The summed E-state index contributed by atoms with van der Waals surface area (Å²) < 4.78 is 1.45. The SMILES string of the molecule is O=C(O)c1cc(I)c(I)cc1C(=O)O. The van der Waals surface area contributed by atoms with Crippen LogP contribution in [0.1, 0.15) is 20.7 Å². The van der Waals surface area contributed by atoms with Gasteiger partial charge in [0.1, 0.15) is 0 Å². The Kier molecular flexibility index (Phi) is 3.70. The van der Waals surface area contributed by atoms with Crippen LogP contribution in [0.3, 0.4) is 0 Å². The zero-order valence-electron chi connectivity index (χ0n) is 6.62. The Morgan fingerprint density at radius 2 is 1.21 bits per heavy atom. The number of hydrogen-bond donors (Lipinski definition) is 2. The van der Waals surface area contributed by atoms with Crippen molar-refractivity contribution in [3.05, 3.63) is 30.4 Å². The Hall–Kier alpha value is -0.380. The van der Waals surface area contributed by atoms with E-state index in [1.54, 1.807) is 0 Å². The maximum Gasteiger partial charge on any atom is 0.336 e. The number of aromatic carboxylic acids is 2. The van der Waals surface area contributed by atoms with Crippen molar-refractivity contribution < 1.29 is 19.8 Å². The second-order valence-corrected chi connectivity index (χ2v) is 4.75. The van der Waals surface area contributed by atoms with Gasteiger partial charge in [0.25, 0.3) is 0 Å². The van der Waals surface area contributed by atoms with Gasteiger partial charge in [0, 0.05) is 7.14 Å². The summed E-state index contributed by atoms with van der Waals surface area (Å²) in [5, 5.41) is 17.5. The summed E-state index contributed by atoms with van der Waals surface area (Å²) in [6.07, 6.45) is 0. The highest BCUT2D eigenvalue weighted by molar-refractivity contribution is 14.1. The molecular weight excluding hydrogens is 414 g/mol. The molecule has 0 aliphatic heterocycles. The standard InChI is InChI=1S/C8H4I2O4/c9-5-1-3(7(11)12)4(8(13)14)2-6(5)10/h1-2H,(H,11,12)(H,13,14). The van der Waals surface area contributed by atoms with Gasteiger partial charge in [-0.1, -0.05) is 0 Å². The molecule has 0 aliphatic carbocycles. The van der Waals surface area contributed by atoms with Gasteiger partial charge >= 0.3 is 11.9 Å². The molecule has 0 heterocycles. The zero-order valence-corrected chi connectivity index (χ0v) is 10.9. The van der Waals surface area contributed by atoms with Crippen LogP contribution in [-0.4, -0.2) is 22.2 Å². The summed E-state index contributed by atoms with van der Waals surface area (Å²) in [6.45, 7) is 0. The monoisotopic (exact) mass is 418 g/mol. The van der Waals surface area contributed by atoms with E-state index in [0.29, 0.717) is 0 Å². The van der Waals surface area contributed by atoms with E-state index in [2.05, 4.69) is 0 Å². The number of carboxylic acid groups (broad SMARTS) is 2. The number of benzene rings is 1. The number of carboxylic acids is 2. The number of halogens is 2. The molecule has 0 atom stereocenters. The lowest BCUT2D eigenvalue weighted by Crippen LogP contribution is -2.09. The van der Waals surface area contributed by atoms with Gasteiger partial charge in [-0.15, -0.1) is 0 Å². The van der Waals surface area contributed by atoms with Crippen LogP contribution in [0.25, 0.3) is 0 Å². The molecule has 14 heavy (non-hydrogen) atoms. The fraction of sp³-hybridized carbons (Fsp3) is 0. The zero-order chi connectivity index (χ0) is 10.9. The van der Waals surface area contributed by atoms with Gasteiger partial charge < -0.3 is 10.2 Å². The molecule has 0 saturated heterocycles. The van der Waals surface area contributed by atoms with Crippen molar-refractivity contribution in [2.75, 3.05) is 0 Å². The Labute approximate surface area is 107 Å². The molecule has 0 fully saturated rings. The largest absolute Gasteiger partial charge is 0.478 e. The highest BCUT2D eigenvalue weighted by Gasteiger charge is 2.17. The predicted octanol–water partition coefficient (Wildman–Crippen LogP) is 2.29. The lowest BCUT2D eigenvalue weighted by atomic mass is 10.1. The molecular formula is C8H4I2O4. The van der Waals surface area contributed by atoms with Gasteiger partial charge in [-0.2, -0.15) is 0 Å². The van der Waals surface area contributed by atoms with E-state index in [9.17, 15) is 9.59 Å². The molecule has 0 aromatic heterocycles. The van der Waals surface area contributed by atoms with Crippen molar-refractivity contribution in [1.29, 1.82) is 0 Å². The van der Waals surface area contributed by atoms with Gasteiger partial charge in [0.15, 0.2) is 0 Å². The van der Waals surface area contributed by atoms with Crippen LogP contribution >= 0.6 is 45.2 Å². The summed E-state index contributed by atoms with van der Waals surface area (Å²) >= 11 is 3.92. The minimum Gasteiger partial charge on any atom is -0.478 e. The van der Waals surface area contributed by atoms with E-state index in [1.807, 2.05) is 45.2 Å². The minimum atomic E-state index is -1.23. The van der Waals surface area contributed by atoms with Gasteiger partial charge in [-0.3, -0.25) is 0 Å². The Morgan fingerprint density at radius 3 is 1.43 bits per heavy atom. The van der Waals surface area contributed by atoms with Crippen molar-refractivity contribution in [2.45, 2.75) is 0 Å². The summed E-state index contributed by atoms with van der Waals surface area (Å²) in [5.41, 5.74) is -0.357. The molecule has 0 aliphatic rings. The molecule has 4 nitrogen and oxygen atoms in total. The van der Waals surface area contributed by atoms with E-state index in [4.69, 9.17) is 10.2 Å². The first-order chi connectivity index (χ1) is 6.43. The first-order valence-corrected chi connectivity index (χ1v) is 5.55. The van der Waals surface area contributed by atoms with Crippen molar-refractivity contribution in [1.82, 2.24) is 0 Å². The summed E-state index contributed by atoms with van der Waals surface area (Å²) in [5.74, 6) is -2.45. The third kappa shape index (κ3) is 2.35. The molecule has 6 heteroatoms. The molecule has 0 spiro atoms. The number of carbonyl (C=O) groups is 2. The first kappa shape index (κ1) is 11.7. The van der Waals surface area contributed by atoms with Gasteiger partial charge in [-0.05, 0) is 57.3 Å². The molecule has 0 bridgehead atoms. The Bertz CT molecular complexity index is 375. The third-order valence-corrected chi connectivity index (χ3v) is 4.34. The number of hydrogen-bond acceptors (Lipinski definition) is 2. The summed E-state index contributed by atoms with van der Waals surface area (Å²) in [7, 11) is 0. The van der Waals surface area contributed by atoms with Crippen LogP contribution in [0, 0.1) is 7.14 Å². The van der Waals surface area contributed by atoms with Crippen LogP contribution in [0.4, 0.5) is 0 Å². The van der Waals surface area contributed by atoms with Crippen molar-refractivity contribution in [2.24, 2.45) is 0 Å². The molecule has 0 unspecified atom stereocenters. The molecule has 1 rings (SSSR count).